The van der Waals surface area contributed by atoms with Gasteiger partial charge >= 0.3 is 0 Å². The summed E-state index contributed by atoms with van der Waals surface area (Å²) in [5, 5.41) is 0. The van der Waals surface area contributed by atoms with Gasteiger partial charge in [0.25, 0.3) is 0 Å². The van der Waals surface area contributed by atoms with E-state index in [9.17, 15) is 8.78 Å². The molecule has 0 aromatic heterocycles. The molecule has 1 heterocycles. The van der Waals surface area contributed by atoms with Crippen LogP contribution in [0.15, 0.2) is 0 Å². The van der Waals surface area contributed by atoms with Crippen LogP contribution < -0.4 is 0 Å². The van der Waals surface area contributed by atoms with Crippen LogP contribution in [-0.4, -0.2) is 18.1 Å². The van der Waals surface area contributed by atoms with Crippen LogP contribution in [0.25, 0.3) is 0 Å². The van der Waals surface area contributed by atoms with Crippen LogP contribution in [0.3, 0.4) is 0 Å². The Morgan fingerprint density at radius 1 is 1.50 bits per heavy atom. The van der Waals surface area contributed by atoms with E-state index in [0.29, 0.717) is 6.42 Å². The van der Waals surface area contributed by atoms with Gasteiger partial charge in [-0.15, -0.1) is 0 Å². The monoisotopic (exact) mass is 150 g/mol. The Labute approximate surface area is 59.4 Å². The van der Waals surface area contributed by atoms with Crippen molar-refractivity contribution in [2.75, 3.05) is 6.61 Å². The molecule has 0 radical (unpaired) electrons. The minimum absolute atomic E-state index is 0.101. The van der Waals surface area contributed by atoms with Crippen molar-refractivity contribution in [3.63, 3.8) is 0 Å². The molecule has 2 atom stereocenters. The highest BCUT2D eigenvalue weighted by Gasteiger charge is 2.46. The molecule has 1 rings (SSSR count). The van der Waals surface area contributed by atoms with Crippen LogP contribution in [0.2, 0.25) is 0 Å². The van der Waals surface area contributed by atoms with Crippen molar-refractivity contribution < 1.29 is 13.5 Å². The Morgan fingerprint density at radius 3 is 2.30 bits per heavy atom. The topological polar surface area (TPSA) is 9.23 Å². The SMILES string of the molecule is CCC1(F)COC(C)(F)C1. The molecule has 2 unspecified atom stereocenters. The van der Waals surface area contributed by atoms with Gasteiger partial charge in [-0.2, -0.15) is 0 Å². The minimum Gasteiger partial charge on any atom is -0.342 e. The van der Waals surface area contributed by atoms with E-state index in [1.54, 1.807) is 6.92 Å². The Balaban J connectivity index is 2.57. The van der Waals surface area contributed by atoms with Crippen molar-refractivity contribution in [2.24, 2.45) is 0 Å². The highest BCUT2D eigenvalue weighted by molar-refractivity contribution is 4.89. The molecule has 1 saturated heterocycles. The molecule has 1 aliphatic rings. The average molecular weight is 150 g/mol. The molecule has 10 heavy (non-hydrogen) atoms. The Kier molecular flexibility index (Phi) is 1.71. The summed E-state index contributed by atoms with van der Waals surface area (Å²) >= 11 is 0. The van der Waals surface area contributed by atoms with E-state index in [-0.39, 0.29) is 13.0 Å². The van der Waals surface area contributed by atoms with Gasteiger partial charge in [-0.05, 0) is 13.3 Å². The van der Waals surface area contributed by atoms with Gasteiger partial charge in [-0.25, -0.2) is 8.78 Å². The maximum absolute atomic E-state index is 13.2. The van der Waals surface area contributed by atoms with E-state index in [1.807, 2.05) is 0 Å². The van der Waals surface area contributed by atoms with Gasteiger partial charge in [0, 0.05) is 6.42 Å². The van der Waals surface area contributed by atoms with Crippen molar-refractivity contribution in [2.45, 2.75) is 38.2 Å². The van der Waals surface area contributed by atoms with Gasteiger partial charge in [0.05, 0.1) is 6.61 Å². The first-order valence-electron chi connectivity index (χ1n) is 3.49. The molecule has 1 nitrogen and oxygen atoms in total. The van der Waals surface area contributed by atoms with Crippen molar-refractivity contribution >= 4 is 0 Å². The second-order valence-electron chi connectivity index (χ2n) is 3.07. The van der Waals surface area contributed by atoms with Crippen molar-refractivity contribution in [1.82, 2.24) is 0 Å². The first-order valence-corrected chi connectivity index (χ1v) is 3.49. The number of ether oxygens (including phenoxy) is 1. The first kappa shape index (κ1) is 7.92. The molecule has 0 bridgehead atoms. The second kappa shape index (κ2) is 2.16. The fourth-order valence-electron chi connectivity index (χ4n) is 1.17. The third-order valence-electron chi connectivity index (χ3n) is 1.90. The third kappa shape index (κ3) is 1.45. The Morgan fingerprint density at radius 2 is 2.10 bits per heavy atom. The fraction of sp³-hybridized carbons (Fsp3) is 1.00. The zero-order valence-corrected chi connectivity index (χ0v) is 6.29. The predicted octanol–water partition coefficient (Wildman–Crippen LogP) is 2.21. The highest BCUT2D eigenvalue weighted by atomic mass is 19.2. The van der Waals surface area contributed by atoms with Gasteiger partial charge in [-0.3, -0.25) is 0 Å². The van der Waals surface area contributed by atoms with Crippen LogP contribution in [0, 0.1) is 0 Å². The van der Waals surface area contributed by atoms with Gasteiger partial charge in [-0.1, -0.05) is 6.92 Å². The molecule has 0 N–H and O–H groups in total. The summed E-state index contributed by atoms with van der Waals surface area (Å²) in [5.41, 5.74) is -1.43. The minimum atomic E-state index is -1.75. The van der Waals surface area contributed by atoms with E-state index < -0.39 is 11.5 Å². The molecule has 0 spiro atoms. The lowest BCUT2D eigenvalue weighted by Crippen LogP contribution is -2.23. The molecule has 0 saturated carbocycles. The fourth-order valence-corrected chi connectivity index (χ4v) is 1.17. The van der Waals surface area contributed by atoms with Crippen molar-refractivity contribution in [1.29, 1.82) is 0 Å². The quantitative estimate of drug-likeness (QED) is 0.556. The van der Waals surface area contributed by atoms with Crippen LogP contribution in [0.4, 0.5) is 8.78 Å². The maximum Gasteiger partial charge on any atom is 0.209 e. The number of hydrogen-bond acceptors (Lipinski definition) is 1. The molecule has 0 aromatic carbocycles. The molecule has 3 heteroatoms. The second-order valence-corrected chi connectivity index (χ2v) is 3.07. The lowest BCUT2D eigenvalue weighted by Gasteiger charge is -2.14. The zero-order valence-electron chi connectivity index (χ0n) is 6.29. The Hall–Kier alpha value is -0.180. The standard InChI is InChI=1S/C7H12F2O/c1-3-7(9)4-6(2,8)10-5-7/h3-5H2,1-2H3. The van der Waals surface area contributed by atoms with Gasteiger partial charge < -0.3 is 4.74 Å². The molecular formula is C7H12F2O. The van der Waals surface area contributed by atoms with Gasteiger partial charge in [0.15, 0.2) is 0 Å². The number of alkyl halides is 2. The molecule has 1 aliphatic heterocycles. The Bertz CT molecular complexity index is 136. The van der Waals surface area contributed by atoms with Crippen LogP contribution in [-0.2, 0) is 4.74 Å². The summed E-state index contributed by atoms with van der Waals surface area (Å²) < 4.78 is 30.6. The number of halogens is 2. The lowest BCUT2D eigenvalue weighted by atomic mass is 9.99. The molecular weight excluding hydrogens is 138 g/mol. The summed E-state index contributed by atoms with van der Waals surface area (Å²) in [6.07, 6.45) is 0.197. The highest BCUT2D eigenvalue weighted by Crippen LogP contribution is 2.38. The van der Waals surface area contributed by atoms with E-state index in [4.69, 9.17) is 0 Å². The molecule has 0 aliphatic carbocycles. The largest absolute Gasteiger partial charge is 0.342 e. The van der Waals surface area contributed by atoms with Crippen molar-refractivity contribution in [3.8, 4) is 0 Å². The molecule has 1 fully saturated rings. The third-order valence-corrected chi connectivity index (χ3v) is 1.90. The molecule has 0 aromatic rings. The summed E-state index contributed by atoms with van der Waals surface area (Å²) in [5.74, 6) is -1.75. The zero-order chi connectivity index (χ0) is 7.83. The lowest BCUT2D eigenvalue weighted by molar-refractivity contribution is -0.0893. The van der Waals surface area contributed by atoms with E-state index in [1.165, 1.54) is 6.92 Å². The van der Waals surface area contributed by atoms with Crippen LogP contribution in [0.5, 0.6) is 0 Å². The number of rotatable bonds is 1. The summed E-state index contributed by atoms with van der Waals surface area (Å²) in [4.78, 5) is 0. The average Bonchev–Trinajstić information content (AvgIpc) is 2.08. The molecule has 60 valence electrons. The molecule has 0 amide bonds. The maximum atomic E-state index is 13.2. The smallest absolute Gasteiger partial charge is 0.209 e. The van der Waals surface area contributed by atoms with E-state index >= 15 is 0 Å². The summed E-state index contributed by atoms with van der Waals surface area (Å²) in [7, 11) is 0. The van der Waals surface area contributed by atoms with E-state index in [0.717, 1.165) is 0 Å². The van der Waals surface area contributed by atoms with Crippen LogP contribution in [0.1, 0.15) is 26.7 Å². The van der Waals surface area contributed by atoms with Gasteiger partial charge in [0.2, 0.25) is 5.85 Å². The predicted molar refractivity (Wildman–Crippen MR) is 34.2 cm³/mol. The van der Waals surface area contributed by atoms with Gasteiger partial charge in [0.1, 0.15) is 5.67 Å². The first-order chi connectivity index (χ1) is 4.47. The summed E-state index contributed by atoms with van der Waals surface area (Å²) in [6, 6.07) is 0. The summed E-state index contributed by atoms with van der Waals surface area (Å²) in [6.45, 7) is 2.87. The normalized spacial score (nSPS) is 48.0. The number of hydrogen-bond donors (Lipinski definition) is 0. The van der Waals surface area contributed by atoms with Crippen molar-refractivity contribution in [3.05, 3.63) is 0 Å². The van der Waals surface area contributed by atoms with Crippen LogP contribution >= 0.6 is 0 Å². The van der Waals surface area contributed by atoms with E-state index in [2.05, 4.69) is 4.74 Å².